The van der Waals surface area contributed by atoms with Crippen LogP contribution in [-0.4, -0.2) is 169 Å². The number of carbonyl (C=O) groups is 6. The summed E-state index contributed by atoms with van der Waals surface area (Å²) in [4.78, 5) is 124. The lowest BCUT2D eigenvalue weighted by Crippen LogP contribution is -2.62. The standard InChI is InChI=1S/C42H52N8O8.C35H49N7O4.C7H4ClNO4.C5H5N/c1-23-26(10-9-11-33(23)27-16-28(39(51)44-6)18-31(17-27)48(7)8)22-49-38(40(52)46-35-20-29-19-34(24(35)2)42(29,4)5)37(36(58-49)21-45-47-43)25(3)56-41(53)57-32-14-12-30(13-15-32)50(54)55;1-19-22(10-9-11-27(19)23-12-24(33(44)37-6)14-26(13-23)41(7)8)18-42-32(31(21(3)43)30(46-42)17-38-40-36)34(45)39-29-16-25-15-28(20(29)2)35(25,4)5;8-7(10)13-6-3-1-5(2-4-6)9(11)12;1-2-4-6-5-3-1/h9-18,24-25,29,34-38H,19-22H2,1-8H3,(H,44,51)(H,46,52);9-14,20-21,25,28-32,43H,15-18H2,1-8H3,(H,37,44)(H,39,45);1-4H;1-5H/t24-,25-,29+,34-,35-,36-,37+,38-;20-,21-,25+,28-,29-,30-,31+,32-;;/m00../s1. The van der Waals surface area contributed by atoms with E-state index in [1.54, 1.807) is 50.5 Å². The molecule has 6 saturated carbocycles. The second kappa shape index (κ2) is 40.9. The number of aliphatic hydroxyl groups excluding tert-OH is 1. The molecule has 0 radical (unpaired) electrons. The molecule has 6 aromatic carbocycles. The van der Waals surface area contributed by atoms with Crippen LogP contribution in [0.4, 0.5) is 32.3 Å². The zero-order valence-corrected chi connectivity index (χ0v) is 72.8. The number of nitrogens with zero attached hydrogens (tertiary/aromatic N) is 13. The molecule has 2 aliphatic heterocycles. The Morgan fingerprint density at radius 1 is 0.610 bits per heavy atom. The molecular formula is C89H110ClN17O16. The maximum absolute atomic E-state index is 14.7. The highest BCUT2D eigenvalue weighted by atomic mass is 35.5. The number of anilines is 2. The van der Waals surface area contributed by atoms with Crippen molar-refractivity contribution in [3.63, 3.8) is 0 Å². The summed E-state index contributed by atoms with van der Waals surface area (Å²) >= 11 is 4.92. The lowest BCUT2D eigenvalue weighted by atomic mass is 9.45. The van der Waals surface area contributed by atoms with Gasteiger partial charge in [0.1, 0.15) is 29.7 Å². The monoisotopic (exact) mass is 1710 g/mol. The molecule has 34 heteroatoms. The lowest BCUT2D eigenvalue weighted by Gasteiger charge is -2.62. The Bertz CT molecular complexity index is 5040. The van der Waals surface area contributed by atoms with Gasteiger partial charge in [-0.25, -0.2) is 9.59 Å². The number of non-ortho nitro benzene ring substituents is 2. The normalized spacial score (nSPS) is 24.0. The van der Waals surface area contributed by atoms with E-state index in [0.29, 0.717) is 46.1 Å². The smallest absolute Gasteiger partial charge is 0.430 e. The van der Waals surface area contributed by atoms with Crippen LogP contribution >= 0.6 is 11.6 Å². The number of azide groups is 2. The van der Waals surface area contributed by atoms with E-state index in [-0.39, 0.29) is 96.1 Å². The molecule has 6 aliphatic carbocycles. The number of nitro groups is 2. The van der Waals surface area contributed by atoms with Crippen molar-refractivity contribution in [3.8, 4) is 33.8 Å². The van der Waals surface area contributed by atoms with Gasteiger partial charge in [0, 0.05) is 141 Å². The van der Waals surface area contributed by atoms with Gasteiger partial charge in [0.25, 0.3) is 23.2 Å². The van der Waals surface area contributed by atoms with Gasteiger partial charge in [0.2, 0.25) is 11.8 Å². The van der Waals surface area contributed by atoms with Gasteiger partial charge in [-0.3, -0.25) is 54.1 Å². The maximum Gasteiger partial charge on any atom is 0.514 e. The number of nitrogens with one attached hydrogen (secondary N) is 4. The van der Waals surface area contributed by atoms with Gasteiger partial charge >= 0.3 is 11.6 Å². The molecule has 7 aromatic rings. The van der Waals surface area contributed by atoms with Gasteiger partial charge in [-0.1, -0.05) is 94.2 Å². The number of ether oxygens (including phenoxy) is 3. The maximum atomic E-state index is 14.7. The summed E-state index contributed by atoms with van der Waals surface area (Å²) in [5, 5.41) is 55.2. The van der Waals surface area contributed by atoms with E-state index in [4.69, 9.17) is 36.3 Å². The molecule has 1 aromatic heterocycles. The summed E-state index contributed by atoms with van der Waals surface area (Å²) in [7, 11) is 10.9. The number of hydrogen-bond acceptors (Lipinski definition) is 23. The average Bonchev–Trinajstić information content (AvgIpc) is 0.962. The molecule has 4 bridgehead atoms. The molecule has 0 unspecified atom stereocenters. The van der Waals surface area contributed by atoms with Crippen LogP contribution in [0.1, 0.15) is 124 Å². The highest BCUT2D eigenvalue weighted by Gasteiger charge is 2.60. The molecule has 3 heterocycles. The number of amides is 4. The molecule has 4 amide bonds. The number of nitro benzene ring substituents is 2. The SMILES string of the molecule is CNC(=O)c1cc(-c2cccc(CN3O[C@@H](CN=[N+]=[N-])[C@@H]([C@H](C)O)[C@H]3C(=O)N[C@H]3C[C@H]4C[C@@H]([C@@H]3C)C4(C)C)c2C)cc(N(C)C)c1.CNC(=O)c1cc(-c2cccc(CN3O[C@@H](CN=[N+]=[N-])[C@@H]([C@H](C)OC(=O)Oc4ccc([N+](=O)[O-])cc4)[C@H]3C(=O)N[C@H]3C[C@H]4C[C@@H]([C@@H]3C)C4(C)C)c2C)cc(N(C)C)c1.O=C(Cl)Oc1ccc([N+](=O)[O-])cc1.c1ccncc1. The van der Waals surface area contributed by atoms with Crippen LogP contribution in [0, 0.1) is 92.2 Å². The van der Waals surface area contributed by atoms with Crippen LogP contribution in [0.25, 0.3) is 43.1 Å². The number of pyridine rings is 1. The van der Waals surface area contributed by atoms with Crippen molar-refractivity contribution in [1.29, 1.82) is 0 Å². The Labute approximate surface area is 720 Å². The molecule has 654 valence electrons. The number of fused-ring (bicyclic) bond motifs is 4. The van der Waals surface area contributed by atoms with E-state index in [0.717, 1.165) is 75.1 Å². The quantitative estimate of drug-likeness (QED) is 0.00518. The Balaban J connectivity index is 0.000000215. The van der Waals surface area contributed by atoms with Gasteiger partial charge < -0.3 is 50.4 Å². The first kappa shape index (κ1) is 93.5. The van der Waals surface area contributed by atoms with Crippen molar-refractivity contribution in [3.05, 3.63) is 226 Å². The fourth-order valence-corrected chi connectivity index (χ4v) is 18.6. The third-order valence-corrected chi connectivity index (χ3v) is 25.8. The molecule has 16 atom stereocenters. The topological polar surface area (TPSA) is 427 Å². The van der Waals surface area contributed by atoms with Crippen LogP contribution in [0.15, 0.2) is 162 Å². The number of carbonyl (C=O) groups excluding carboxylic acids is 6. The van der Waals surface area contributed by atoms with Crippen LogP contribution < -0.4 is 40.5 Å². The first-order valence-electron chi connectivity index (χ1n) is 40.9. The lowest BCUT2D eigenvalue weighted by molar-refractivity contribution is -0.385. The van der Waals surface area contributed by atoms with Crippen LogP contribution in [-0.2, 0) is 37.1 Å². The molecule has 33 nitrogen and oxygen atoms in total. The first-order valence-corrected chi connectivity index (χ1v) is 41.3. The van der Waals surface area contributed by atoms with Crippen molar-refractivity contribution in [1.82, 2.24) is 36.4 Å². The van der Waals surface area contributed by atoms with Crippen molar-refractivity contribution in [2.75, 3.05) is 65.2 Å². The van der Waals surface area contributed by atoms with Crippen LogP contribution in [0.3, 0.4) is 0 Å². The van der Waals surface area contributed by atoms with Crippen LogP contribution in [0.5, 0.6) is 11.5 Å². The number of rotatable bonds is 25. The van der Waals surface area contributed by atoms with E-state index in [1.807, 2.05) is 137 Å². The number of hydroxylamine groups is 4. The van der Waals surface area contributed by atoms with Gasteiger partial charge in [0.15, 0.2) is 0 Å². The third-order valence-electron chi connectivity index (χ3n) is 25.8. The Morgan fingerprint density at radius 2 is 1.02 bits per heavy atom. The fraction of sp³-hybridized carbons (Fsp3) is 0.472. The molecule has 0 spiro atoms. The summed E-state index contributed by atoms with van der Waals surface area (Å²) in [6.07, 6.45) is 3.18. The predicted octanol–water partition coefficient (Wildman–Crippen LogP) is 15.7. The average molecular weight is 1710 g/mol. The summed E-state index contributed by atoms with van der Waals surface area (Å²) in [6.45, 7) is 21.3. The van der Waals surface area contributed by atoms with Gasteiger partial charge in [0.05, 0.1) is 60.3 Å². The van der Waals surface area contributed by atoms with Gasteiger partial charge in [-0.15, -0.1) is 0 Å². The Kier molecular flexibility index (Phi) is 31.1. The minimum absolute atomic E-state index is 0.00311. The zero-order chi connectivity index (χ0) is 89.6. The minimum Gasteiger partial charge on any atom is -0.430 e. The highest BCUT2D eigenvalue weighted by Crippen LogP contribution is 2.62. The summed E-state index contributed by atoms with van der Waals surface area (Å²) in [5.41, 5.74) is 27.8. The second-order valence-corrected chi connectivity index (χ2v) is 34.2. The van der Waals surface area contributed by atoms with E-state index < -0.39 is 69.8 Å². The molecule has 123 heavy (non-hydrogen) atoms. The van der Waals surface area contributed by atoms with Crippen molar-refractivity contribution in [2.24, 2.45) is 68.4 Å². The molecular weight excluding hydrogens is 1600 g/mol. The van der Waals surface area contributed by atoms with Gasteiger partial charge in [-0.2, -0.15) is 10.1 Å². The molecule has 8 aliphatic rings. The van der Waals surface area contributed by atoms with Crippen molar-refractivity contribution < 1.29 is 67.6 Å². The highest BCUT2D eigenvalue weighted by molar-refractivity contribution is 6.61. The van der Waals surface area contributed by atoms with Crippen molar-refractivity contribution in [2.45, 2.75) is 157 Å². The number of hydrogen-bond donors (Lipinski definition) is 5. The fourth-order valence-electron chi connectivity index (χ4n) is 18.5. The van der Waals surface area contributed by atoms with E-state index in [1.165, 1.54) is 55.0 Å². The molecule has 8 fully saturated rings. The predicted molar refractivity (Wildman–Crippen MR) is 465 cm³/mol. The number of aromatic nitrogens is 1. The summed E-state index contributed by atoms with van der Waals surface area (Å²) in [5.74, 6) is 0.646. The molecule has 5 N–H and O–H groups in total. The third kappa shape index (κ3) is 22.0. The number of aliphatic hydroxyl groups is 1. The summed E-state index contributed by atoms with van der Waals surface area (Å²) < 4.78 is 15.6. The van der Waals surface area contributed by atoms with E-state index >= 15 is 0 Å². The largest absolute Gasteiger partial charge is 0.514 e. The van der Waals surface area contributed by atoms with Gasteiger partial charge in [-0.05, 0) is 228 Å². The summed E-state index contributed by atoms with van der Waals surface area (Å²) in [6, 6.07) is 37.3. The minimum atomic E-state index is -1.08. The second-order valence-electron chi connectivity index (χ2n) is 33.9. The Hall–Kier alpha value is -11.8. The molecule has 2 saturated heterocycles. The first-order chi connectivity index (χ1) is 58.4. The van der Waals surface area contributed by atoms with Crippen LogP contribution in [0.2, 0.25) is 0 Å². The number of benzene rings is 6. The van der Waals surface area contributed by atoms with E-state index in [2.05, 4.69) is 98.6 Å². The molecule has 15 rings (SSSR count). The number of halogens is 1. The zero-order valence-electron chi connectivity index (χ0n) is 72.1. The van der Waals surface area contributed by atoms with E-state index in [9.17, 15) is 59.6 Å². The van der Waals surface area contributed by atoms with Crippen molar-refractivity contribution >= 4 is 69.6 Å². The Morgan fingerprint density at radius 3 is 1.36 bits per heavy atom.